The quantitative estimate of drug-likeness (QED) is 0.635. The molecular weight excluding hydrogens is 262 g/mol. The minimum Gasteiger partial charge on any atom is -0.380 e. The van der Waals surface area contributed by atoms with Gasteiger partial charge in [-0.3, -0.25) is 4.68 Å². The van der Waals surface area contributed by atoms with E-state index in [4.69, 9.17) is 9.84 Å². The van der Waals surface area contributed by atoms with Crippen LogP contribution in [-0.4, -0.2) is 29.5 Å². The lowest BCUT2D eigenvalue weighted by Crippen LogP contribution is -2.22. The summed E-state index contributed by atoms with van der Waals surface area (Å²) >= 11 is 0. The van der Waals surface area contributed by atoms with E-state index < -0.39 is 0 Å². The number of aryl methyl sites for hydroxylation is 1. The van der Waals surface area contributed by atoms with E-state index in [9.17, 15) is 0 Å². The van der Waals surface area contributed by atoms with Crippen LogP contribution in [0.2, 0.25) is 0 Å². The van der Waals surface area contributed by atoms with Crippen molar-refractivity contribution in [3.8, 4) is 0 Å². The Morgan fingerprint density at radius 2 is 1.86 bits per heavy atom. The molecule has 1 unspecified atom stereocenters. The molecule has 0 aliphatic heterocycles. The first-order valence-electron chi connectivity index (χ1n) is 8.62. The standard InChI is InChI=1S/C17H33N3O/c1-6-12-21-13-11-20-16(9-4)17(15(8-3)19-20)14(7-2)18-10-5/h14,18H,6-13H2,1-5H3. The lowest BCUT2D eigenvalue weighted by atomic mass is 9.99. The van der Waals surface area contributed by atoms with Crippen molar-refractivity contribution in [3.63, 3.8) is 0 Å². The Morgan fingerprint density at radius 3 is 2.38 bits per heavy atom. The summed E-state index contributed by atoms with van der Waals surface area (Å²) in [5.41, 5.74) is 4.05. The van der Waals surface area contributed by atoms with Gasteiger partial charge in [0.25, 0.3) is 0 Å². The van der Waals surface area contributed by atoms with Crippen molar-refractivity contribution in [2.24, 2.45) is 0 Å². The second kappa shape index (κ2) is 9.96. The molecule has 0 saturated heterocycles. The van der Waals surface area contributed by atoms with Gasteiger partial charge < -0.3 is 10.1 Å². The maximum atomic E-state index is 5.63. The van der Waals surface area contributed by atoms with E-state index >= 15 is 0 Å². The number of nitrogens with zero attached hydrogens (tertiary/aromatic N) is 2. The second-order valence-electron chi connectivity index (χ2n) is 5.37. The molecule has 0 fully saturated rings. The van der Waals surface area contributed by atoms with Crippen LogP contribution in [0.25, 0.3) is 0 Å². The summed E-state index contributed by atoms with van der Waals surface area (Å²) in [4.78, 5) is 0. The minimum absolute atomic E-state index is 0.421. The van der Waals surface area contributed by atoms with Crippen molar-refractivity contribution in [2.75, 3.05) is 19.8 Å². The van der Waals surface area contributed by atoms with Gasteiger partial charge in [-0.15, -0.1) is 0 Å². The number of hydrogen-bond donors (Lipinski definition) is 1. The van der Waals surface area contributed by atoms with Gasteiger partial charge in [-0.25, -0.2) is 0 Å². The third-order valence-electron chi connectivity index (χ3n) is 3.85. The van der Waals surface area contributed by atoms with Crippen LogP contribution in [0.3, 0.4) is 0 Å². The van der Waals surface area contributed by atoms with E-state index in [1.54, 1.807) is 0 Å². The molecule has 0 spiro atoms. The van der Waals surface area contributed by atoms with Crippen LogP contribution in [0.5, 0.6) is 0 Å². The predicted octanol–water partition coefficient (Wildman–Crippen LogP) is 3.50. The highest BCUT2D eigenvalue weighted by molar-refractivity contribution is 5.30. The first-order chi connectivity index (χ1) is 10.2. The summed E-state index contributed by atoms with van der Waals surface area (Å²) < 4.78 is 7.80. The molecule has 1 aromatic heterocycles. The Labute approximate surface area is 130 Å². The molecule has 4 nitrogen and oxygen atoms in total. The summed E-state index contributed by atoms with van der Waals surface area (Å²) in [5, 5.41) is 8.45. The fourth-order valence-electron chi connectivity index (χ4n) is 2.88. The van der Waals surface area contributed by atoms with E-state index in [0.29, 0.717) is 6.04 Å². The fourth-order valence-corrected chi connectivity index (χ4v) is 2.88. The largest absolute Gasteiger partial charge is 0.380 e. The van der Waals surface area contributed by atoms with Crippen LogP contribution in [0.4, 0.5) is 0 Å². The molecule has 1 atom stereocenters. The van der Waals surface area contributed by atoms with Crippen molar-refractivity contribution < 1.29 is 4.74 Å². The van der Waals surface area contributed by atoms with Gasteiger partial charge in [0.15, 0.2) is 0 Å². The normalized spacial score (nSPS) is 12.8. The van der Waals surface area contributed by atoms with E-state index in [-0.39, 0.29) is 0 Å². The van der Waals surface area contributed by atoms with Gasteiger partial charge in [0, 0.05) is 23.9 Å². The lowest BCUT2D eigenvalue weighted by molar-refractivity contribution is 0.123. The molecule has 0 amide bonds. The molecule has 21 heavy (non-hydrogen) atoms. The zero-order chi connectivity index (χ0) is 15.7. The molecule has 1 aromatic rings. The number of rotatable bonds is 11. The molecular formula is C17H33N3O. The third-order valence-corrected chi connectivity index (χ3v) is 3.85. The lowest BCUT2D eigenvalue weighted by Gasteiger charge is -2.18. The highest BCUT2D eigenvalue weighted by atomic mass is 16.5. The number of aromatic nitrogens is 2. The summed E-state index contributed by atoms with van der Waals surface area (Å²) in [6.45, 7) is 14.4. The Bertz CT molecular complexity index is 401. The van der Waals surface area contributed by atoms with Gasteiger partial charge >= 0.3 is 0 Å². The average Bonchev–Trinajstić information content (AvgIpc) is 2.86. The van der Waals surface area contributed by atoms with Crippen molar-refractivity contribution in [1.82, 2.24) is 15.1 Å². The van der Waals surface area contributed by atoms with Gasteiger partial charge in [-0.2, -0.15) is 5.10 Å². The maximum absolute atomic E-state index is 5.63. The molecule has 0 saturated carbocycles. The predicted molar refractivity (Wildman–Crippen MR) is 88.8 cm³/mol. The fraction of sp³-hybridized carbons (Fsp3) is 0.824. The molecule has 4 heteroatoms. The SMILES string of the molecule is CCCOCCn1nc(CC)c(C(CC)NCC)c1CC. The van der Waals surface area contributed by atoms with Crippen LogP contribution in [0.1, 0.15) is 70.5 Å². The Morgan fingerprint density at radius 1 is 1.10 bits per heavy atom. The molecule has 0 radical (unpaired) electrons. The summed E-state index contributed by atoms with van der Waals surface area (Å²) in [6, 6.07) is 0.421. The molecule has 0 aliphatic carbocycles. The first-order valence-corrected chi connectivity index (χ1v) is 8.62. The van der Waals surface area contributed by atoms with Crippen molar-refractivity contribution in [1.29, 1.82) is 0 Å². The molecule has 1 heterocycles. The maximum Gasteiger partial charge on any atom is 0.0672 e. The van der Waals surface area contributed by atoms with Gasteiger partial charge in [-0.1, -0.05) is 34.6 Å². The molecule has 0 aliphatic rings. The van der Waals surface area contributed by atoms with E-state index in [0.717, 1.165) is 52.0 Å². The molecule has 1 rings (SSSR count). The Balaban J connectivity index is 2.96. The Kier molecular flexibility index (Phi) is 8.62. The van der Waals surface area contributed by atoms with E-state index in [1.165, 1.54) is 17.0 Å². The van der Waals surface area contributed by atoms with Crippen LogP contribution in [0.15, 0.2) is 0 Å². The molecule has 1 N–H and O–H groups in total. The highest BCUT2D eigenvalue weighted by Gasteiger charge is 2.21. The van der Waals surface area contributed by atoms with E-state index in [2.05, 4.69) is 44.6 Å². The molecule has 122 valence electrons. The third kappa shape index (κ3) is 4.82. The topological polar surface area (TPSA) is 39.1 Å². The van der Waals surface area contributed by atoms with Crippen LogP contribution >= 0.6 is 0 Å². The van der Waals surface area contributed by atoms with Crippen LogP contribution < -0.4 is 5.32 Å². The van der Waals surface area contributed by atoms with Crippen molar-refractivity contribution in [3.05, 3.63) is 17.0 Å². The number of ether oxygens (including phenoxy) is 1. The van der Waals surface area contributed by atoms with Crippen molar-refractivity contribution in [2.45, 2.75) is 72.9 Å². The van der Waals surface area contributed by atoms with Gasteiger partial charge in [-0.05, 0) is 32.2 Å². The van der Waals surface area contributed by atoms with Crippen molar-refractivity contribution >= 4 is 0 Å². The van der Waals surface area contributed by atoms with Gasteiger partial charge in [0.1, 0.15) is 0 Å². The average molecular weight is 295 g/mol. The zero-order valence-corrected chi connectivity index (χ0v) is 14.5. The summed E-state index contributed by atoms with van der Waals surface area (Å²) in [7, 11) is 0. The highest BCUT2D eigenvalue weighted by Crippen LogP contribution is 2.26. The van der Waals surface area contributed by atoms with Gasteiger partial charge in [0.05, 0.1) is 18.8 Å². The zero-order valence-electron chi connectivity index (χ0n) is 14.5. The number of nitrogens with one attached hydrogen (secondary N) is 1. The molecule has 0 aromatic carbocycles. The molecule has 0 bridgehead atoms. The minimum atomic E-state index is 0.421. The number of hydrogen-bond acceptors (Lipinski definition) is 3. The van der Waals surface area contributed by atoms with E-state index in [1.807, 2.05) is 0 Å². The van der Waals surface area contributed by atoms with Gasteiger partial charge in [0.2, 0.25) is 0 Å². The second-order valence-corrected chi connectivity index (χ2v) is 5.37. The van der Waals surface area contributed by atoms with Crippen LogP contribution in [-0.2, 0) is 24.1 Å². The summed E-state index contributed by atoms with van der Waals surface area (Å²) in [5.74, 6) is 0. The monoisotopic (exact) mass is 295 g/mol. The summed E-state index contributed by atoms with van der Waals surface area (Å²) in [6.07, 6.45) is 4.19. The first kappa shape index (κ1) is 18.2. The Hall–Kier alpha value is -0.870. The smallest absolute Gasteiger partial charge is 0.0672 e. The van der Waals surface area contributed by atoms with Crippen LogP contribution in [0, 0.1) is 0 Å².